The molecule has 0 radical (unpaired) electrons. The van der Waals surface area contributed by atoms with E-state index >= 15 is 0 Å². The molecule has 1 aromatic carbocycles. The van der Waals surface area contributed by atoms with Crippen molar-refractivity contribution in [2.75, 3.05) is 6.61 Å². The van der Waals surface area contributed by atoms with Crippen LogP contribution >= 0.6 is 0 Å². The lowest BCUT2D eigenvalue weighted by Crippen LogP contribution is -2.31. The molecule has 0 unspecified atom stereocenters. The summed E-state index contributed by atoms with van der Waals surface area (Å²) in [6.45, 7) is 2.33. The molecule has 0 heterocycles. The Kier molecular flexibility index (Phi) is 3.91. The molecule has 0 aliphatic rings. The van der Waals surface area contributed by atoms with Crippen LogP contribution < -0.4 is 10.2 Å². The summed E-state index contributed by atoms with van der Waals surface area (Å²) in [6, 6.07) is 3.60. The molecule has 3 nitrogen and oxygen atoms in total. The quantitative estimate of drug-likeness (QED) is 0.683. The Hall–Kier alpha value is -1.07. The van der Waals surface area contributed by atoms with Gasteiger partial charge in [0.25, 0.3) is 0 Å². The first-order valence-electron chi connectivity index (χ1n) is 4.43. The molecular formula is C9H12BFO3. The first kappa shape index (κ1) is 11.0. The van der Waals surface area contributed by atoms with Crippen LogP contribution in [0.3, 0.4) is 0 Å². The van der Waals surface area contributed by atoms with Gasteiger partial charge in [-0.1, -0.05) is 13.0 Å². The Bertz CT molecular complexity index is 304. The van der Waals surface area contributed by atoms with E-state index in [4.69, 9.17) is 14.8 Å². The van der Waals surface area contributed by atoms with Crippen molar-refractivity contribution in [3.8, 4) is 5.75 Å². The highest BCUT2D eigenvalue weighted by Gasteiger charge is 2.17. The maximum absolute atomic E-state index is 12.8. The smallest absolute Gasteiger partial charge is 0.492 e. The Labute approximate surface area is 82.3 Å². The lowest BCUT2D eigenvalue weighted by atomic mass is 9.79. The van der Waals surface area contributed by atoms with Crippen LogP contribution in [0.1, 0.15) is 13.3 Å². The zero-order valence-electron chi connectivity index (χ0n) is 7.90. The standard InChI is InChI=1S/C9H12BFO3/c1-2-5-14-9-6-7(11)3-4-8(9)10(12)13/h3-4,6,12-13H,2,5H2,1H3. The number of halogens is 1. The van der Waals surface area contributed by atoms with Crippen molar-refractivity contribution in [2.24, 2.45) is 0 Å². The van der Waals surface area contributed by atoms with Crippen LogP contribution in [0.25, 0.3) is 0 Å². The predicted octanol–water partition coefficient (Wildman–Crippen LogP) is 0.294. The minimum absolute atomic E-state index is 0.180. The average Bonchev–Trinajstić information content (AvgIpc) is 2.14. The van der Waals surface area contributed by atoms with Crippen molar-refractivity contribution in [3.05, 3.63) is 24.0 Å². The van der Waals surface area contributed by atoms with Gasteiger partial charge in [-0.15, -0.1) is 0 Å². The molecule has 0 saturated heterocycles. The van der Waals surface area contributed by atoms with Crippen molar-refractivity contribution in [3.63, 3.8) is 0 Å². The zero-order valence-corrected chi connectivity index (χ0v) is 7.90. The third kappa shape index (κ3) is 2.72. The SMILES string of the molecule is CCCOc1cc(F)ccc1B(O)O. The van der Waals surface area contributed by atoms with Crippen LogP contribution in [-0.2, 0) is 0 Å². The summed E-state index contributed by atoms with van der Waals surface area (Å²) in [5.74, 6) is -0.276. The Morgan fingerprint density at radius 1 is 1.43 bits per heavy atom. The van der Waals surface area contributed by atoms with E-state index in [1.54, 1.807) is 0 Å². The van der Waals surface area contributed by atoms with E-state index in [1.807, 2.05) is 6.92 Å². The van der Waals surface area contributed by atoms with Gasteiger partial charge in [-0.25, -0.2) is 4.39 Å². The first-order valence-corrected chi connectivity index (χ1v) is 4.43. The van der Waals surface area contributed by atoms with Crippen LogP contribution in [0.5, 0.6) is 5.75 Å². The second kappa shape index (κ2) is 4.98. The summed E-state index contributed by atoms with van der Waals surface area (Å²) in [5.41, 5.74) is 0.180. The topological polar surface area (TPSA) is 49.7 Å². The van der Waals surface area contributed by atoms with E-state index in [9.17, 15) is 4.39 Å². The second-order valence-electron chi connectivity index (χ2n) is 2.90. The zero-order chi connectivity index (χ0) is 10.6. The lowest BCUT2D eigenvalue weighted by molar-refractivity contribution is 0.316. The molecule has 0 spiro atoms. The molecule has 0 aliphatic carbocycles. The highest BCUT2D eigenvalue weighted by molar-refractivity contribution is 6.59. The summed E-state index contributed by atoms with van der Waals surface area (Å²) in [7, 11) is -1.64. The number of rotatable bonds is 4. The Balaban J connectivity index is 2.91. The molecule has 1 aromatic rings. The summed E-state index contributed by atoms with van der Waals surface area (Å²) >= 11 is 0. The number of hydrogen-bond donors (Lipinski definition) is 2. The molecule has 0 aromatic heterocycles. The summed E-state index contributed by atoms with van der Waals surface area (Å²) in [6.07, 6.45) is 0.775. The van der Waals surface area contributed by atoms with Crippen molar-refractivity contribution in [1.29, 1.82) is 0 Å². The summed E-state index contributed by atoms with van der Waals surface area (Å²) in [4.78, 5) is 0. The molecule has 0 amide bonds. The largest absolute Gasteiger partial charge is 0.494 e. The van der Waals surface area contributed by atoms with Gasteiger partial charge in [-0.2, -0.15) is 0 Å². The van der Waals surface area contributed by atoms with Gasteiger partial charge in [-0.05, 0) is 12.5 Å². The molecule has 76 valence electrons. The van der Waals surface area contributed by atoms with Gasteiger partial charge >= 0.3 is 7.12 Å². The number of ether oxygens (including phenoxy) is 1. The molecule has 2 N–H and O–H groups in total. The van der Waals surface area contributed by atoms with E-state index < -0.39 is 12.9 Å². The van der Waals surface area contributed by atoms with Crippen molar-refractivity contribution in [2.45, 2.75) is 13.3 Å². The normalized spacial score (nSPS) is 10.0. The molecule has 0 fully saturated rings. The number of benzene rings is 1. The number of hydrogen-bond acceptors (Lipinski definition) is 3. The molecule has 0 aliphatic heterocycles. The van der Waals surface area contributed by atoms with Gasteiger partial charge in [0.2, 0.25) is 0 Å². The molecule has 0 bridgehead atoms. The van der Waals surface area contributed by atoms with Crippen molar-refractivity contribution < 1.29 is 19.2 Å². The minimum Gasteiger partial charge on any atom is -0.494 e. The van der Waals surface area contributed by atoms with E-state index in [0.717, 1.165) is 18.6 Å². The third-order valence-corrected chi connectivity index (χ3v) is 1.72. The Morgan fingerprint density at radius 3 is 2.71 bits per heavy atom. The molecule has 14 heavy (non-hydrogen) atoms. The van der Waals surface area contributed by atoms with E-state index in [2.05, 4.69) is 0 Å². The Morgan fingerprint density at radius 2 is 2.14 bits per heavy atom. The van der Waals surface area contributed by atoms with Crippen molar-refractivity contribution >= 4 is 12.6 Å². The van der Waals surface area contributed by atoms with Crippen LogP contribution in [0.4, 0.5) is 4.39 Å². The fraction of sp³-hybridized carbons (Fsp3) is 0.333. The van der Waals surface area contributed by atoms with Crippen LogP contribution in [0.2, 0.25) is 0 Å². The van der Waals surface area contributed by atoms with Crippen LogP contribution in [0.15, 0.2) is 18.2 Å². The predicted molar refractivity (Wildman–Crippen MR) is 52.0 cm³/mol. The molecule has 0 atom stereocenters. The van der Waals surface area contributed by atoms with Gasteiger partial charge < -0.3 is 14.8 Å². The molecule has 1 rings (SSSR count). The van der Waals surface area contributed by atoms with Crippen LogP contribution in [0, 0.1) is 5.82 Å². The fourth-order valence-corrected chi connectivity index (χ4v) is 1.06. The molecule has 0 saturated carbocycles. The maximum Gasteiger partial charge on any atom is 0.492 e. The average molecular weight is 198 g/mol. The van der Waals surface area contributed by atoms with E-state index in [1.165, 1.54) is 6.07 Å². The highest BCUT2D eigenvalue weighted by atomic mass is 19.1. The monoisotopic (exact) mass is 198 g/mol. The fourth-order valence-electron chi connectivity index (χ4n) is 1.06. The minimum atomic E-state index is -1.64. The van der Waals surface area contributed by atoms with E-state index in [-0.39, 0.29) is 11.2 Å². The van der Waals surface area contributed by atoms with Gasteiger partial charge in [0.15, 0.2) is 0 Å². The summed E-state index contributed by atoms with van der Waals surface area (Å²) in [5, 5.41) is 17.9. The van der Waals surface area contributed by atoms with Gasteiger partial charge in [0.1, 0.15) is 11.6 Å². The first-order chi connectivity index (χ1) is 6.65. The van der Waals surface area contributed by atoms with Crippen LogP contribution in [-0.4, -0.2) is 23.8 Å². The lowest BCUT2D eigenvalue weighted by Gasteiger charge is -2.09. The van der Waals surface area contributed by atoms with Gasteiger partial charge in [0, 0.05) is 11.5 Å². The second-order valence-corrected chi connectivity index (χ2v) is 2.90. The van der Waals surface area contributed by atoms with Crippen molar-refractivity contribution in [1.82, 2.24) is 0 Å². The summed E-state index contributed by atoms with van der Waals surface area (Å²) < 4.78 is 18.0. The third-order valence-electron chi connectivity index (χ3n) is 1.72. The van der Waals surface area contributed by atoms with E-state index in [0.29, 0.717) is 6.61 Å². The highest BCUT2D eigenvalue weighted by Crippen LogP contribution is 2.10. The molecular weight excluding hydrogens is 186 g/mol. The molecule has 5 heteroatoms. The maximum atomic E-state index is 12.8. The van der Waals surface area contributed by atoms with Gasteiger partial charge in [-0.3, -0.25) is 0 Å². The van der Waals surface area contributed by atoms with Gasteiger partial charge in [0.05, 0.1) is 6.61 Å².